The Hall–Kier alpha value is -3.46. The first kappa shape index (κ1) is 19.3. The molecule has 2 heterocycles. The number of ether oxygens (including phenoxy) is 2. The number of carboxylic acid groups (broad SMARTS) is 1. The maximum atomic E-state index is 11.9. The average molecular weight is 384 g/mol. The molecule has 28 heavy (non-hydrogen) atoms. The minimum Gasteiger partial charge on any atom is -0.480 e. The number of benzene rings is 1. The molecule has 146 valence electrons. The van der Waals surface area contributed by atoms with Crippen LogP contribution in [-0.4, -0.2) is 51.7 Å². The number of hydrogen-bond acceptors (Lipinski definition) is 7. The van der Waals surface area contributed by atoms with Crippen molar-refractivity contribution in [2.24, 2.45) is 0 Å². The first-order chi connectivity index (χ1) is 13.5. The van der Waals surface area contributed by atoms with E-state index < -0.39 is 5.97 Å². The standard InChI is InChI=1S/C19H20N4O5/c1-12(24)16-10-23(11-18(25)26)17-4-3-13(7-15(16)17)22-14-8-20-19(21-9-14)28-6-5-27-2/h3-4,7-10,22H,5-6,11H2,1-2H3,(H,25,26). The number of carbonyl (C=O) groups excluding carboxylic acids is 1. The van der Waals surface area contributed by atoms with Gasteiger partial charge >= 0.3 is 12.0 Å². The third kappa shape index (κ3) is 4.44. The Kier molecular flexibility index (Phi) is 5.85. The van der Waals surface area contributed by atoms with Gasteiger partial charge in [0.15, 0.2) is 5.78 Å². The molecule has 9 heteroatoms. The lowest BCUT2D eigenvalue weighted by atomic mass is 10.1. The Balaban J connectivity index is 1.83. The van der Waals surface area contributed by atoms with Crippen molar-refractivity contribution in [3.8, 4) is 6.01 Å². The molecule has 0 unspecified atom stereocenters. The van der Waals surface area contributed by atoms with Crippen molar-refractivity contribution in [3.63, 3.8) is 0 Å². The molecular weight excluding hydrogens is 364 g/mol. The van der Waals surface area contributed by atoms with Crippen LogP contribution in [0, 0.1) is 0 Å². The summed E-state index contributed by atoms with van der Waals surface area (Å²) < 4.78 is 11.8. The van der Waals surface area contributed by atoms with Crippen molar-refractivity contribution in [2.75, 3.05) is 25.6 Å². The number of nitrogens with one attached hydrogen (secondary N) is 1. The quantitative estimate of drug-likeness (QED) is 0.427. The van der Waals surface area contributed by atoms with Gasteiger partial charge < -0.3 is 24.5 Å². The fourth-order valence-corrected chi connectivity index (χ4v) is 2.77. The molecule has 0 fully saturated rings. The Labute approximate surface area is 160 Å². The average Bonchev–Trinajstić information content (AvgIpc) is 3.01. The van der Waals surface area contributed by atoms with Crippen LogP contribution < -0.4 is 10.1 Å². The monoisotopic (exact) mass is 384 g/mol. The van der Waals surface area contributed by atoms with E-state index in [0.29, 0.717) is 35.4 Å². The van der Waals surface area contributed by atoms with E-state index in [-0.39, 0.29) is 18.3 Å². The maximum absolute atomic E-state index is 11.9. The highest BCUT2D eigenvalue weighted by Gasteiger charge is 2.14. The minimum absolute atomic E-state index is 0.132. The number of methoxy groups -OCH3 is 1. The molecule has 0 aliphatic carbocycles. The molecule has 0 saturated heterocycles. The number of hydrogen-bond donors (Lipinski definition) is 2. The van der Waals surface area contributed by atoms with Gasteiger partial charge in [-0.3, -0.25) is 9.59 Å². The van der Waals surface area contributed by atoms with E-state index in [1.54, 1.807) is 48.5 Å². The van der Waals surface area contributed by atoms with Crippen LogP contribution in [0.15, 0.2) is 36.8 Å². The van der Waals surface area contributed by atoms with E-state index in [1.165, 1.54) is 6.92 Å². The summed E-state index contributed by atoms with van der Waals surface area (Å²) >= 11 is 0. The van der Waals surface area contributed by atoms with E-state index in [1.807, 2.05) is 0 Å². The molecule has 3 aromatic rings. The van der Waals surface area contributed by atoms with Gasteiger partial charge in [-0.05, 0) is 25.1 Å². The lowest BCUT2D eigenvalue weighted by molar-refractivity contribution is -0.137. The summed E-state index contributed by atoms with van der Waals surface area (Å²) in [6, 6.07) is 5.62. The molecule has 0 saturated carbocycles. The lowest BCUT2D eigenvalue weighted by Gasteiger charge is -2.08. The molecule has 0 aliphatic rings. The molecule has 2 N–H and O–H groups in total. The van der Waals surface area contributed by atoms with Crippen LogP contribution in [0.25, 0.3) is 10.9 Å². The zero-order chi connectivity index (χ0) is 20.1. The van der Waals surface area contributed by atoms with Gasteiger partial charge in [0.2, 0.25) is 0 Å². The van der Waals surface area contributed by atoms with Crippen LogP contribution in [0.1, 0.15) is 17.3 Å². The normalized spacial score (nSPS) is 10.8. The van der Waals surface area contributed by atoms with E-state index in [2.05, 4.69) is 15.3 Å². The fourth-order valence-electron chi connectivity index (χ4n) is 2.77. The van der Waals surface area contributed by atoms with Crippen molar-refractivity contribution in [1.82, 2.24) is 14.5 Å². The van der Waals surface area contributed by atoms with Gasteiger partial charge in [-0.25, -0.2) is 9.97 Å². The molecule has 0 spiro atoms. The van der Waals surface area contributed by atoms with Crippen molar-refractivity contribution >= 4 is 34.0 Å². The SMILES string of the molecule is COCCOc1ncc(Nc2ccc3c(c2)c(C(C)=O)cn3CC(=O)O)cn1. The Morgan fingerprint density at radius 1 is 1.18 bits per heavy atom. The first-order valence-electron chi connectivity index (χ1n) is 8.54. The highest BCUT2D eigenvalue weighted by atomic mass is 16.5. The van der Waals surface area contributed by atoms with Crippen molar-refractivity contribution in [1.29, 1.82) is 0 Å². The van der Waals surface area contributed by atoms with Gasteiger partial charge in [0.1, 0.15) is 13.2 Å². The van der Waals surface area contributed by atoms with Crippen LogP contribution in [0.5, 0.6) is 6.01 Å². The second-order valence-electron chi connectivity index (χ2n) is 6.07. The van der Waals surface area contributed by atoms with Crippen LogP contribution in [-0.2, 0) is 16.1 Å². The molecule has 0 bridgehead atoms. The number of aliphatic carboxylic acids is 1. The molecule has 2 aromatic heterocycles. The Morgan fingerprint density at radius 2 is 1.93 bits per heavy atom. The summed E-state index contributed by atoms with van der Waals surface area (Å²) in [5, 5.41) is 12.9. The number of aromatic nitrogens is 3. The summed E-state index contributed by atoms with van der Waals surface area (Å²) in [4.78, 5) is 31.2. The second kappa shape index (κ2) is 8.49. The van der Waals surface area contributed by atoms with Crippen LogP contribution >= 0.6 is 0 Å². The van der Waals surface area contributed by atoms with Gasteiger partial charge in [0, 0.05) is 35.5 Å². The molecule has 0 amide bonds. The van der Waals surface area contributed by atoms with E-state index >= 15 is 0 Å². The maximum Gasteiger partial charge on any atom is 0.323 e. The minimum atomic E-state index is -0.973. The third-order valence-electron chi connectivity index (χ3n) is 4.00. The van der Waals surface area contributed by atoms with E-state index in [9.17, 15) is 9.59 Å². The Bertz CT molecular complexity index is 997. The number of Topliss-reactive ketones (excluding diaryl/α,β-unsaturated/α-hetero) is 1. The highest BCUT2D eigenvalue weighted by molar-refractivity contribution is 6.08. The number of nitrogens with zero attached hydrogens (tertiary/aromatic N) is 3. The topological polar surface area (TPSA) is 116 Å². The van der Waals surface area contributed by atoms with Gasteiger partial charge in [0.05, 0.1) is 24.7 Å². The molecule has 0 aliphatic heterocycles. The number of carbonyl (C=O) groups is 2. The number of carboxylic acids is 1. The Morgan fingerprint density at radius 3 is 2.57 bits per heavy atom. The summed E-state index contributed by atoms with van der Waals surface area (Å²) in [5.41, 5.74) is 2.52. The zero-order valence-corrected chi connectivity index (χ0v) is 15.5. The van der Waals surface area contributed by atoms with Crippen molar-refractivity contribution < 1.29 is 24.2 Å². The number of anilines is 2. The van der Waals surface area contributed by atoms with Gasteiger partial charge in [-0.1, -0.05) is 0 Å². The van der Waals surface area contributed by atoms with Crippen LogP contribution in [0.2, 0.25) is 0 Å². The number of rotatable bonds is 9. The van der Waals surface area contributed by atoms with E-state index in [4.69, 9.17) is 14.6 Å². The molecule has 0 radical (unpaired) electrons. The first-order valence-corrected chi connectivity index (χ1v) is 8.54. The third-order valence-corrected chi connectivity index (χ3v) is 4.00. The smallest absolute Gasteiger partial charge is 0.323 e. The number of fused-ring (bicyclic) bond motifs is 1. The largest absolute Gasteiger partial charge is 0.480 e. The predicted octanol–water partition coefficient (Wildman–Crippen LogP) is 2.49. The van der Waals surface area contributed by atoms with Crippen LogP contribution in [0.4, 0.5) is 11.4 Å². The zero-order valence-electron chi connectivity index (χ0n) is 15.5. The van der Waals surface area contributed by atoms with Crippen molar-refractivity contribution in [2.45, 2.75) is 13.5 Å². The fraction of sp³-hybridized carbons (Fsp3) is 0.263. The van der Waals surface area contributed by atoms with Gasteiger partial charge in [-0.2, -0.15) is 0 Å². The van der Waals surface area contributed by atoms with E-state index in [0.717, 1.165) is 5.69 Å². The molecule has 3 rings (SSSR count). The molecular formula is C19H20N4O5. The molecule has 1 aromatic carbocycles. The molecule has 0 atom stereocenters. The predicted molar refractivity (Wildman–Crippen MR) is 102 cm³/mol. The van der Waals surface area contributed by atoms with Gasteiger partial charge in [0.25, 0.3) is 0 Å². The van der Waals surface area contributed by atoms with Crippen LogP contribution in [0.3, 0.4) is 0 Å². The summed E-state index contributed by atoms with van der Waals surface area (Å²) in [6.45, 7) is 2.05. The second-order valence-corrected chi connectivity index (χ2v) is 6.07. The summed E-state index contributed by atoms with van der Waals surface area (Å²) in [6.07, 6.45) is 4.74. The van der Waals surface area contributed by atoms with Crippen molar-refractivity contribution in [3.05, 3.63) is 42.4 Å². The number of ketones is 1. The highest BCUT2D eigenvalue weighted by Crippen LogP contribution is 2.27. The molecule has 9 nitrogen and oxygen atoms in total. The summed E-state index contributed by atoms with van der Waals surface area (Å²) in [5.74, 6) is -1.11. The lowest BCUT2D eigenvalue weighted by Crippen LogP contribution is -2.07. The summed E-state index contributed by atoms with van der Waals surface area (Å²) in [7, 11) is 1.58. The van der Waals surface area contributed by atoms with Gasteiger partial charge in [-0.15, -0.1) is 0 Å².